The standard InChI is InChI=1S/C16H26N4O9S/c1-30-5-4-9(16(28)29)20-14(26)8(2-3-12(22)23)19-15(27)10(6-13(24)25)18-11(21)7-17/h8-10H,2-7,17H2,1H3,(H,18,21)(H,19,27)(H,20,26)(H,22,23)(H,24,25)(H,28,29). The number of nitrogens with one attached hydrogen (secondary N) is 3. The Morgan fingerprint density at radius 3 is 1.87 bits per heavy atom. The van der Waals surface area contributed by atoms with Crippen LogP contribution < -0.4 is 21.7 Å². The van der Waals surface area contributed by atoms with E-state index in [9.17, 15) is 33.9 Å². The molecule has 0 fully saturated rings. The maximum atomic E-state index is 12.5. The summed E-state index contributed by atoms with van der Waals surface area (Å²) in [6, 6.07) is -4.29. The number of rotatable bonds is 15. The van der Waals surface area contributed by atoms with Crippen LogP contribution >= 0.6 is 11.8 Å². The molecule has 0 bridgehead atoms. The minimum Gasteiger partial charge on any atom is -0.481 e. The summed E-state index contributed by atoms with van der Waals surface area (Å²) in [4.78, 5) is 69.4. The first kappa shape index (κ1) is 27.1. The summed E-state index contributed by atoms with van der Waals surface area (Å²) in [6.45, 7) is -0.512. The van der Waals surface area contributed by atoms with Crippen LogP contribution in [-0.4, -0.2) is 87.6 Å². The molecule has 30 heavy (non-hydrogen) atoms. The van der Waals surface area contributed by atoms with E-state index in [-0.39, 0.29) is 12.8 Å². The lowest BCUT2D eigenvalue weighted by Crippen LogP contribution is -2.56. The van der Waals surface area contributed by atoms with Gasteiger partial charge in [0.15, 0.2) is 0 Å². The Balaban J connectivity index is 5.40. The predicted octanol–water partition coefficient (Wildman–Crippen LogP) is -2.42. The summed E-state index contributed by atoms with van der Waals surface area (Å²) in [5, 5.41) is 33.5. The molecule has 0 heterocycles. The average Bonchev–Trinajstić information content (AvgIpc) is 2.66. The fraction of sp³-hybridized carbons (Fsp3) is 0.625. The van der Waals surface area contributed by atoms with Crippen molar-refractivity contribution in [1.29, 1.82) is 0 Å². The van der Waals surface area contributed by atoms with Gasteiger partial charge in [0.2, 0.25) is 17.7 Å². The summed E-state index contributed by atoms with van der Waals surface area (Å²) in [6.07, 6.45) is 0.118. The van der Waals surface area contributed by atoms with Crippen molar-refractivity contribution in [3.8, 4) is 0 Å². The van der Waals surface area contributed by atoms with Gasteiger partial charge in [-0.1, -0.05) is 0 Å². The Bertz CT molecular complexity index is 659. The Morgan fingerprint density at radius 2 is 1.40 bits per heavy atom. The van der Waals surface area contributed by atoms with E-state index in [0.717, 1.165) is 0 Å². The zero-order chi connectivity index (χ0) is 23.3. The SMILES string of the molecule is CSCCC(NC(=O)C(CCC(=O)O)NC(=O)C(CC(=O)O)NC(=O)CN)C(=O)O. The van der Waals surface area contributed by atoms with E-state index in [4.69, 9.17) is 15.9 Å². The number of thioether (sulfide) groups is 1. The number of amides is 3. The maximum Gasteiger partial charge on any atom is 0.326 e. The van der Waals surface area contributed by atoms with Crippen molar-refractivity contribution in [3.05, 3.63) is 0 Å². The van der Waals surface area contributed by atoms with Gasteiger partial charge in [-0.15, -0.1) is 0 Å². The van der Waals surface area contributed by atoms with Gasteiger partial charge in [-0.2, -0.15) is 11.8 Å². The molecule has 3 amide bonds. The van der Waals surface area contributed by atoms with Crippen LogP contribution in [0, 0.1) is 0 Å². The first-order chi connectivity index (χ1) is 14.0. The van der Waals surface area contributed by atoms with E-state index in [1.54, 1.807) is 6.26 Å². The van der Waals surface area contributed by atoms with Crippen molar-refractivity contribution in [2.75, 3.05) is 18.6 Å². The number of carbonyl (C=O) groups excluding carboxylic acids is 3. The highest BCUT2D eigenvalue weighted by Crippen LogP contribution is 2.05. The molecule has 14 heteroatoms. The van der Waals surface area contributed by atoms with Crippen molar-refractivity contribution in [3.63, 3.8) is 0 Å². The van der Waals surface area contributed by atoms with Crippen molar-refractivity contribution < 1.29 is 44.1 Å². The zero-order valence-corrected chi connectivity index (χ0v) is 17.1. The van der Waals surface area contributed by atoms with Crippen LogP contribution in [0.3, 0.4) is 0 Å². The van der Waals surface area contributed by atoms with E-state index in [1.165, 1.54) is 11.8 Å². The number of aliphatic carboxylic acids is 3. The normalized spacial score (nSPS) is 13.4. The third-order valence-corrected chi connectivity index (χ3v) is 4.36. The molecule has 0 saturated heterocycles. The van der Waals surface area contributed by atoms with E-state index in [0.29, 0.717) is 5.75 Å². The van der Waals surface area contributed by atoms with Gasteiger partial charge in [0, 0.05) is 6.42 Å². The van der Waals surface area contributed by atoms with Crippen molar-refractivity contribution in [2.45, 2.75) is 43.8 Å². The molecule has 0 rings (SSSR count). The average molecular weight is 450 g/mol. The van der Waals surface area contributed by atoms with Crippen LogP contribution in [0.5, 0.6) is 0 Å². The maximum absolute atomic E-state index is 12.5. The first-order valence-electron chi connectivity index (χ1n) is 8.77. The molecule has 0 aromatic rings. The first-order valence-corrected chi connectivity index (χ1v) is 10.2. The van der Waals surface area contributed by atoms with Gasteiger partial charge in [0.05, 0.1) is 13.0 Å². The lowest BCUT2D eigenvalue weighted by molar-refractivity contribution is -0.143. The van der Waals surface area contributed by atoms with E-state index < -0.39 is 73.1 Å². The molecule has 0 aliphatic carbocycles. The van der Waals surface area contributed by atoms with Gasteiger partial charge in [-0.3, -0.25) is 24.0 Å². The summed E-state index contributed by atoms with van der Waals surface area (Å²) in [5.41, 5.74) is 5.13. The topological polar surface area (TPSA) is 225 Å². The largest absolute Gasteiger partial charge is 0.481 e. The zero-order valence-electron chi connectivity index (χ0n) is 16.3. The Morgan fingerprint density at radius 1 is 0.833 bits per heavy atom. The molecular formula is C16H26N4O9S. The molecular weight excluding hydrogens is 424 g/mol. The van der Waals surface area contributed by atoms with Gasteiger partial charge in [-0.05, 0) is 24.9 Å². The second kappa shape index (κ2) is 14.2. The quantitative estimate of drug-likeness (QED) is 0.139. The van der Waals surface area contributed by atoms with E-state index in [1.807, 2.05) is 0 Å². The van der Waals surface area contributed by atoms with Crippen LogP contribution in [0.4, 0.5) is 0 Å². The molecule has 3 unspecified atom stereocenters. The fourth-order valence-corrected chi connectivity index (χ4v) is 2.68. The molecule has 170 valence electrons. The summed E-state index contributed by atoms with van der Waals surface area (Å²) >= 11 is 1.36. The van der Waals surface area contributed by atoms with E-state index >= 15 is 0 Å². The Kier molecular flexibility index (Phi) is 12.8. The van der Waals surface area contributed by atoms with Gasteiger partial charge < -0.3 is 37.0 Å². The molecule has 0 radical (unpaired) electrons. The van der Waals surface area contributed by atoms with Crippen LogP contribution in [0.2, 0.25) is 0 Å². The molecule has 8 N–H and O–H groups in total. The predicted molar refractivity (Wildman–Crippen MR) is 105 cm³/mol. The molecule has 0 aliphatic heterocycles. The number of hydrogen-bond acceptors (Lipinski definition) is 8. The smallest absolute Gasteiger partial charge is 0.326 e. The van der Waals surface area contributed by atoms with Crippen molar-refractivity contribution in [1.82, 2.24) is 16.0 Å². The second-order valence-electron chi connectivity index (χ2n) is 6.10. The Hall–Kier alpha value is -2.87. The monoisotopic (exact) mass is 450 g/mol. The molecule has 0 aliphatic rings. The third kappa shape index (κ3) is 11.2. The summed E-state index contributed by atoms with van der Waals surface area (Å²) < 4.78 is 0. The second-order valence-corrected chi connectivity index (χ2v) is 7.08. The Labute approximate surface area is 176 Å². The fourth-order valence-electron chi connectivity index (χ4n) is 2.21. The highest BCUT2D eigenvalue weighted by atomic mass is 32.2. The molecule has 3 atom stereocenters. The summed E-state index contributed by atoms with van der Waals surface area (Å²) in [5.74, 6) is -6.38. The molecule has 0 spiro atoms. The van der Waals surface area contributed by atoms with Crippen molar-refractivity contribution in [2.24, 2.45) is 5.73 Å². The van der Waals surface area contributed by atoms with Gasteiger partial charge in [-0.25, -0.2) is 4.79 Å². The van der Waals surface area contributed by atoms with Crippen LogP contribution in [0.1, 0.15) is 25.7 Å². The minimum absolute atomic E-state index is 0.0933. The lowest BCUT2D eigenvalue weighted by atomic mass is 10.1. The van der Waals surface area contributed by atoms with Gasteiger partial charge >= 0.3 is 17.9 Å². The van der Waals surface area contributed by atoms with E-state index in [2.05, 4.69) is 16.0 Å². The van der Waals surface area contributed by atoms with Gasteiger partial charge in [0.1, 0.15) is 18.1 Å². The lowest BCUT2D eigenvalue weighted by Gasteiger charge is -2.23. The number of carboxylic acid groups (broad SMARTS) is 3. The van der Waals surface area contributed by atoms with Crippen LogP contribution in [0.25, 0.3) is 0 Å². The minimum atomic E-state index is -1.56. The number of nitrogens with two attached hydrogens (primary N) is 1. The number of carbonyl (C=O) groups is 6. The molecule has 13 nitrogen and oxygen atoms in total. The highest BCUT2D eigenvalue weighted by molar-refractivity contribution is 7.98. The number of carboxylic acids is 3. The van der Waals surface area contributed by atoms with Gasteiger partial charge in [0.25, 0.3) is 0 Å². The highest BCUT2D eigenvalue weighted by Gasteiger charge is 2.30. The molecule has 0 aromatic heterocycles. The van der Waals surface area contributed by atoms with Crippen LogP contribution in [-0.2, 0) is 28.8 Å². The summed E-state index contributed by atoms with van der Waals surface area (Å²) in [7, 11) is 0. The van der Waals surface area contributed by atoms with Crippen LogP contribution in [0.15, 0.2) is 0 Å². The number of hydrogen-bond donors (Lipinski definition) is 7. The van der Waals surface area contributed by atoms with Crippen molar-refractivity contribution >= 4 is 47.4 Å². The molecule has 0 aromatic carbocycles. The molecule has 0 saturated carbocycles. The third-order valence-electron chi connectivity index (χ3n) is 3.72.